The lowest BCUT2D eigenvalue weighted by atomic mass is 9.65. The summed E-state index contributed by atoms with van der Waals surface area (Å²) in [4.78, 5) is 4.94. The van der Waals surface area contributed by atoms with Crippen LogP contribution in [0.3, 0.4) is 0 Å². The quantitative estimate of drug-likeness (QED) is 0.696. The van der Waals surface area contributed by atoms with Crippen LogP contribution in [-0.4, -0.2) is 5.71 Å². The number of fused-ring (bicyclic) bond motifs is 3. The highest BCUT2D eigenvalue weighted by Gasteiger charge is 2.45. The molecule has 4 rings (SSSR count). The number of aliphatic imine (C=N–C) groups is 1. The summed E-state index contributed by atoms with van der Waals surface area (Å²) in [5.41, 5.74) is 5.46. The van der Waals surface area contributed by atoms with Gasteiger partial charge in [0.15, 0.2) is 0 Å². The van der Waals surface area contributed by atoms with Crippen molar-refractivity contribution in [3.05, 3.63) is 65.7 Å². The first kappa shape index (κ1) is 11.0. The van der Waals surface area contributed by atoms with Gasteiger partial charge < -0.3 is 0 Å². The topological polar surface area (TPSA) is 12.4 Å². The summed E-state index contributed by atoms with van der Waals surface area (Å²) in [6.45, 7) is 0. The van der Waals surface area contributed by atoms with Crippen molar-refractivity contribution in [2.75, 3.05) is 0 Å². The fraction of sp³-hybridized carbons (Fsp3) is 0.278. The number of para-hydroxylation sites is 1. The van der Waals surface area contributed by atoms with E-state index >= 15 is 0 Å². The van der Waals surface area contributed by atoms with Crippen LogP contribution >= 0.6 is 0 Å². The van der Waals surface area contributed by atoms with E-state index in [0.29, 0.717) is 0 Å². The summed E-state index contributed by atoms with van der Waals surface area (Å²) in [5.74, 6) is 0. The lowest BCUT2D eigenvalue weighted by Crippen LogP contribution is -2.37. The summed E-state index contributed by atoms with van der Waals surface area (Å²) in [7, 11) is 0. The largest absolute Gasteiger partial charge is 0.256 e. The Balaban J connectivity index is 1.99. The van der Waals surface area contributed by atoms with E-state index < -0.39 is 0 Å². The highest BCUT2D eigenvalue weighted by molar-refractivity contribution is 6.05. The fourth-order valence-electron chi connectivity index (χ4n) is 3.75. The van der Waals surface area contributed by atoms with Crippen LogP contribution in [0.4, 0.5) is 5.69 Å². The normalized spacial score (nSPS) is 24.5. The highest BCUT2D eigenvalue weighted by atomic mass is 14.8. The minimum Gasteiger partial charge on any atom is -0.256 e. The average molecular weight is 247 g/mol. The Morgan fingerprint density at radius 3 is 2.53 bits per heavy atom. The molecule has 1 aliphatic heterocycles. The molecule has 1 heteroatoms. The summed E-state index contributed by atoms with van der Waals surface area (Å²) in [6, 6.07) is 19.6. The van der Waals surface area contributed by atoms with Crippen molar-refractivity contribution in [3.63, 3.8) is 0 Å². The first-order valence-corrected chi connectivity index (χ1v) is 7.14. The Bertz CT molecular complexity index is 642. The van der Waals surface area contributed by atoms with Crippen molar-refractivity contribution in [2.24, 2.45) is 4.99 Å². The van der Waals surface area contributed by atoms with Gasteiger partial charge in [-0.3, -0.25) is 4.99 Å². The van der Waals surface area contributed by atoms with Crippen molar-refractivity contribution in [3.8, 4) is 0 Å². The summed E-state index contributed by atoms with van der Waals surface area (Å²) >= 11 is 0. The van der Waals surface area contributed by atoms with Crippen LogP contribution < -0.4 is 0 Å². The van der Waals surface area contributed by atoms with Gasteiger partial charge in [-0.25, -0.2) is 0 Å². The van der Waals surface area contributed by atoms with E-state index in [1.165, 1.54) is 41.8 Å². The van der Waals surface area contributed by atoms with E-state index in [9.17, 15) is 0 Å². The van der Waals surface area contributed by atoms with E-state index in [-0.39, 0.29) is 5.41 Å². The van der Waals surface area contributed by atoms with Crippen LogP contribution in [0.5, 0.6) is 0 Å². The first-order valence-electron chi connectivity index (χ1n) is 7.14. The second-order valence-corrected chi connectivity index (χ2v) is 5.55. The van der Waals surface area contributed by atoms with Crippen molar-refractivity contribution in [2.45, 2.75) is 31.1 Å². The van der Waals surface area contributed by atoms with Crippen LogP contribution in [0, 0.1) is 0 Å². The van der Waals surface area contributed by atoms with E-state index in [2.05, 4.69) is 54.6 Å². The molecule has 0 saturated heterocycles. The number of rotatable bonds is 1. The maximum Gasteiger partial charge on any atom is 0.0674 e. The second-order valence-electron chi connectivity index (χ2n) is 5.55. The Morgan fingerprint density at radius 1 is 0.842 bits per heavy atom. The van der Waals surface area contributed by atoms with Gasteiger partial charge in [-0.2, -0.15) is 0 Å². The van der Waals surface area contributed by atoms with Crippen LogP contribution in [-0.2, 0) is 5.41 Å². The molecule has 19 heavy (non-hydrogen) atoms. The van der Waals surface area contributed by atoms with Crippen molar-refractivity contribution < 1.29 is 0 Å². The molecule has 94 valence electrons. The molecule has 2 aromatic carbocycles. The van der Waals surface area contributed by atoms with Gasteiger partial charge in [0.05, 0.1) is 11.1 Å². The molecule has 0 unspecified atom stereocenters. The Labute approximate surface area is 114 Å². The predicted octanol–water partition coefficient (Wildman–Crippen LogP) is 4.63. The summed E-state index contributed by atoms with van der Waals surface area (Å²) in [6.07, 6.45) is 4.92. The van der Waals surface area contributed by atoms with E-state index in [0.717, 1.165) is 6.42 Å². The molecule has 1 heterocycles. The van der Waals surface area contributed by atoms with Crippen molar-refractivity contribution in [1.29, 1.82) is 0 Å². The predicted molar refractivity (Wildman–Crippen MR) is 79.2 cm³/mol. The van der Waals surface area contributed by atoms with Crippen LogP contribution in [0.2, 0.25) is 0 Å². The van der Waals surface area contributed by atoms with Gasteiger partial charge in [0, 0.05) is 5.71 Å². The van der Waals surface area contributed by atoms with E-state index in [1.54, 1.807) is 0 Å². The van der Waals surface area contributed by atoms with E-state index in [1.807, 2.05) is 0 Å². The zero-order valence-corrected chi connectivity index (χ0v) is 11.0. The first-order chi connectivity index (χ1) is 9.41. The minimum atomic E-state index is 0.0656. The van der Waals surface area contributed by atoms with Gasteiger partial charge in [0.25, 0.3) is 0 Å². The number of hydrogen-bond donors (Lipinski definition) is 0. The molecule has 1 nitrogen and oxygen atoms in total. The van der Waals surface area contributed by atoms with E-state index in [4.69, 9.17) is 4.99 Å². The molecule has 0 spiro atoms. The third kappa shape index (κ3) is 1.45. The molecule has 1 saturated carbocycles. The minimum absolute atomic E-state index is 0.0656. The molecule has 0 radical (unpaired) electrons. The van der Waals surface area contributed by atoms with Crippen LogP contribution in [0.25, 0.3) is 0 Å². The van der Waals surface area contributed by atoms with Gasteiger partial charge in [-0.05, 0) is 36.5 Å². The number of benzene rings is 2. The van der Waals surface area contributed by atoms with Gasteiger partial charge >= 0.3 is 0 Å². The smallest absolute Gasteiger partial charge is 0.0674 e. The Morgan fingerprint density at radius 2 is 1.63 bits per heavy atom. The average Bonchev–Trinajstić information content (AvgIpc) is 2.84. The zero-order chi connectivity index (χ0) is 12.7. The third-order valence-corrected chi connectivity index (χ3v) is 4.59. The molecule has 1 aliphatic carbocycles. The molecule has 2 aliphatic rings. The number of hydrogen-bond acceptors (Lipinski definition) is 1. The maximum absolute atomic E-state index is 4.94. The Hall–Kier alpha value is -1.89. The zero-order valence-electron chi connectivity index (χ0n) is 11.0. The van der Waals surface area contributed by atoms with Gasteiger partial charge in [-0.15, -0.1) is 0 Å². The summed E-state index contributed by atoms with van der Waals surface area (Å²) in [5, 5.41) is 0. The second kappa shape index (κ2) is 4.06. The third-order valence-electron chi connectivity index (χ3n) is 4.59. The highest BCUT2D eigenvalue weighted by Crippen LogP contribution is 2.50. The maximum atomic E-state index is 4.94. The van der Waals surface area contributed by atoms with Crippen LogP contribution in [0.15, 0.2) is 59.6 Å². The lowest BCUT2D eigenvalue weighted by molar-refractivity contribution is 0.526. The summed E-state index contributed by atoms with van der Waals surface area (Å²) < 4.78 is 0. The number of nitrogens with zero attached hydrogens (tertiary/aromatic N) is 1. The van der Waals surface area contributed by atoms with Gasteiger partial charge in [0.2, 0.25) is 0 Å². The van der Waals surface area contributed by atoms with Crippen LogP contribution in [0.1, 0.15) is 36.8 Å². The monoisotopic (exact) mass is 247 g/mol. The standard InChI is InChI=1S/C18H17N/c1-2-8-14(9-3-1)18-13-7-6-12-17(18)19-16-11-5-4-10-15(16)18/h1-5,8-11H,6-7,12-13H2/t18-/m1/s1. The molecule has 1 atom stereocenters. The molecule has 1 fully saturated rings. The fourth-order valence-corrected chi connectivity index (χ4v) is 3.75. The molecule has 0 bridgehead atoms. The van der Waals surface area contributed by atoms with Crippen molar-refractivity contribution >= 4 is 11.4 Å². The van der Waals surface area contributed by atoms with Gasteiger partial charge in [0.1, 0.15) is 0 Å². The Kier molecular flexibility index (Phi) is 2.34. The van der Waals surface area contributed by atoms with Gasteiger partial charge in [-0.1, -0.05) is 55.0 Å². The SMILES string of the molecule is c1ccc([C@@]23CCCCC2=Nc2ccccc23)cc1. The molecular formula is C18H17N. The molecule has 0 N–H and O–H groups in total. The molecular weight excluding hydrogens is 230 g/mol. The molecule has 0 amide bonds. The molecule has 0 aromatic heterocycles. The lowest BCUT2D eigenvalue weighted by Gasteiger charge is -2.36. The molecule has 2 aromatic rings. The van der Waals surface area contributed by atoms with Crippen molar-refractivity contribution in [1.82, 2.24) is 0 Å².